The van der Waals surface area contributed by atoms with E-state index in [1.807, 2.05) is 58.0 Å². The monoisotopic (exact) mass is 363 g/mol. The first-order valence-corrected chi connectivity index (χ1v) is 9.02. The van der Waals surface area contributed by atoms with Crippen molar-refractivity contribution in [3.63, 3.8) is 0 Å². The predicted molar refractivity (Wildman–Crippen MR) is 97.3 cm³/mol. The van der Waals surface area contributed by atoms with Gasteiger partial charge in [0.2, 0.25) is 0 Å². The van der Waals surface area contributed by atoms with Crippen molar-refractivity contribution in [2.45, 2.75) is 52.7 Å². The van der Waals surface area contributed by atoms with E-state index in [9.17, 15) is 9.59 Å². The highest BCUT2D eigenvalue weighted by molar-refractivity contribution is 5.79. The van der Waals surface area contributed by atoms with Gasteiger partial charge >= 0.3 is 12.1 Å². The smallest absolute Gasteiger partial charge is 0.410 e. The van der Waals surface area contributed by atoms with Crippen LogP contribution in [-0.2, 0) is 25.6 Å². The number of amides is 1. The van der Waals surface area contributed by atoms with E-state index in [4.69, 9.17) is 14.2 Å². The molecule has 1 aliphatic rings. The summed E-state index contributed by atoms with van der Waals surface area (Å²) < 4.78 is 16.2. The molecule has 0 radical (unpaired) electrons. The van der Waals surface area contributed by atoms with Gasteiger partial charge in [0, 0.05) is 13.1 Å². The van der Waals surface area contributed by atoms with Crippen molar-refractivity contribution in [3.8, 4) is 0 Å². The average molecular weight is 363 g/mol. The Morgan fingerprint density at radius 3 is 2.50 bits per heavy atom. The van der Waals surface area contributed by atoms with Crippen LogP contribution in [0.1, 0.15) is 46.1 Å². The predicted octanol–water partition coefficient (Wildman–Crippen LogP) is 3.74. The molecule has 0 aliphatic carbocycles. The molecule has 0 bridgehead atoms. The SMILES string of the molecule is CCC1(C(=O)OCOCc2ccccc2)CCN(C(=O)OC(C)(C)C)C1. The van der Waals surface area contributed by atoms with E-state index in [0.717, 1.165) is 5.56 Å². The molecule has 144 valence electrons. The van der Waals surface area contributed by atoms with Crippen LogP contribution in [0.5, 0.6) is 0 Å². The van der Waals surface area contributed by atoms with Crippen LogP contribution in [0, 0.1) is 5.41 Å². The van der Waals surface area contributed by atoms with Crippen LogP contribution in [0.3, 0.4) is 0 Å². The minimum absolute atomic E-state index is 0.0953. The van der Waals surface area contributed by atoms with Crippen molar-refractivity contribution in [2.75, 3.05) is 19.9 Å². The summed E-state index contributed by atoms with van der Waals surface area (Å²) in [6.45, 7) is 8.51. The second-order valence-electron chi connectivity index (χ2n) is 7.67. The van der Waals surface area contributed by atoms with E-state index in [2.05, 4.69) is 0 Å². The maximum atomic E-state index is 12.6. The van der Waals surface area contributed by atoms with Crippen LogP contribution in [0.2, 0.25) is 0 Å². The molecule has 0 aromatic heterocycles. The lowest BCUT2D eigenvalue weighted by Crippen LogP contribution is -2.40. The standard InChI is InChI=1S/C20H29NO5/c1-5-20(11-12-21(14-20)18(23)26-19(2,3)4)17(22)25-15-24-13-16-9-7-6-8-10-16/h6-10H,5,11-15H2,1-4H3. The lowest BCUT2D eigenvalue weighted by Gasteiger charge is -2.27. The first kappa shape index (κ1) is 20.2. The molecule has 1 aromatic carbocycles. The number of carbonyl (C=O) groups excluding carboxylic acids is 2. The van der Waals surface area contributed by atoms with E-state index in [1.165, 1.54) is 0 Å². The minimum atomic E-state index is -0.687. The molecule has 1 unspecified atom stereocenters. The molecule has 1 aromatic rings. The largest absolute Gasteiger partial charge is 0.444 e. The highest BCUT2D eigenvalue weighted by Crippen LogP contribution is 2.36. The summed E-state index contributed by atoms with van der Waals surface area (Å²) in [7, 11) is 0. The summed E-state index contributed by atoms with van der Waals surface area (Å²) in [4.78, 5) is 26.4. The van der Waals surface area contributed by atoms with Gasteiger partial charge in [-0.05, 0) is 39.2 Å². The molecular formula is C20H29NO5. The third-order valence-corrected chi connectivity index (χ3v) is 4.50. The number of ether oxygens (including phenoxy) is 3. The van der Waals surface area contributed by atoms with Crippen LogP contribution in [0.15, 0.2) is 30.3 Å². The zero-order valence-electron chi connectivity index (χ0n) is 16.1. The number of likely N-dealkylation sites (tertiary alicyclic amines) is 1. The highest BCUT2D eigenvalue weighted by Gasteiger charge is 2.46. The summed E-state index contributed by atoms with van der Waals surface area (Å²) >= 11 is 0. The van der Waals surface area contributed by atoms with E-state index in [-0.39, 0.29) is 18.9 Å². The average Bonchev–Trinajstić information content (AvgIpc) is 3.04. The molecule has 1 heterocycles. The summed E-state index contributed by atoms with van der Waals surface area (Å²) in [5.41, 5.74) is -0.224. The van der Waals surface area contributed by atoms with Crippen LogP contribution >= 0.6 is 0 Å². The van der Waals surface area contributed by atoms with Gasteiger partial charge in [0.1, 0.15) is 5.60 Å². The third kappa shape index (κ3) is 5.46. The summed E-state index contributed by atoms with van der Waals surface area (Å²) in [5.74, 6) is -0.320. The maximum absolute atomic E-state index is 12.6. The highest BCUT2D eigenvalue weighted by atomic mass is 16.7. The first-order valence-electron chi connectivity index (χ1n) is 9.02. The molecule has 0 saturated carbocycles. The van der Waals surface area contributed by atoms with Gasteiger partial charge in [-0.3, -0.25) is 4.79 Å². The van der Waals surface area contributed by atoms with E-state index >= 15 is 0 Å². The normalized spacial score (nSPS) is 20.1. The number of hydrogen-bond donors (Lipinski definition) is 0. The van der Waals surface area contributed by atoms with E-state index < -0.39 is 11.0 Å². The fourth-order valence-electron chi connectivity index (χ4n) is 2.94. The summed E-state index contributed by atoms with van der Waals surface area (Å²) in [5, 5.41) is 0. The molecule has 1 aliphatic heterocycles. The van der Waals surface area contributed by atoms with Crippen LogP contribution in [0.4, 0.5) is 4.79 Å². The number of hydrogen-bond acceptors (Lipinski definition) is 5. The van der Waals surface area contributed by atoms with Gasteiger partial charge in [-0.25, -0.2) is 4.79 Å². The Balaban J connectivity index is 1.83. The van der Waals surface area contributed by atoms with Gasteiger partial charge in [-0.1, -0.05) is 37.3 Å². The molecule has 1 atom stereocenters. The Morgan fingerprint density at radius 2 is 1.88 bits per heavy atom. The van der Waals surface area contributed by atoms with Gasteiger partial charge in [-0.2, -0.15) is 0 Å². The molecule has 2 rings (SSSR count). The Morgan fingerprint density at radius 1 is 1.19 bits per heavy atom. The van der Waals surface area contributed by atoms with E-state index in [0.29, 0.717) is 32.5 Å². The van der Waals surface area contributed by atoms with Gasteiger partial charge in [0.15, 0.2) is 6.79 Å². The second kappa shape index (κ2) is 8.54. The third-order valence-electron chi connectivity index (χ3n) is 4.50. The summed E-state index contributed by atoms with van der Waals surface area (Å²) in [6.07, 6.45) is 0.783. The van der Waals surface area contributed by atoms with Crippen LogP contribution in [0.25, 0.3) is 0 Å². The van der Waals surface area contributed by atoms with Crippen molar-refractivity contribution >= 4 is 12.1 Å². The molecule has 6 nitrogen and oxygen atoms in total. The molecule has 1 saturated heterocycles. The summed E-state index contributed by atoms with van der Waals surface area (Å²) in [6, 6.07) is 9.70. The Hall–Kier alpha value is -2.08. The van der Waals surface area contributed by atoms with Crippen molar-refractivity contribution < 1.29 is 23.8 Å². The minimum Gasteiger partial charge on any atom is -0.444 e. The molecule has 26 heavy (non-hydrogen) atoms. The molecule has 0 N–H and O–H groups in total. The molecule has 0 spiro atoms. The number of esters is 1. The van der Waals surface area contributed by atoms with Crippen molar-refractivity contribution in [1.82, 2.24) is 4.90 Å². The quantitative estimate of drug-likeness (QED) is 0.438. The van der Waals surface area contributed by atoms with Gasteiger partial charge in [-0.15, -0.1) is 0 Å². The van der Waals surface area contributed by atoms with Gasteiger partial charge in [0.05, 0.1) is 12.0 Å². The van der Waals surface area contributed by atoms with Crippen molar-refractivity contribution in [1.29, 1.82) is 0 Å². The zero-order valence-corrected chi connectivity index (χ0v) is 16.1. The van der Waals surface area contributed by atoms with Crippen LogP contribution < -0.4 is 0 Å². The van der Waals surface area contributed by atoms with Gasteiger partial charge in [0.25, 0.3) is 0 Å². The van der Waals surface area contributed by atoms with Gasteiger partial charge < -0.3 is 19.1 Å². The number of nitrogens with zero attached hydrogens (tertiary/aromatic N) is 1. The Kier molecular flexibility index (Phi) is 6.64. The van der Waals surface area contributed by atoms with Crippen molar-refractivity contribution in [2.24, 2.45) is 5.41 Å². The fraction of sp³-hybridized carbons (Fsp3) is 0.600. The van der Waals surface area contributed by atoms with E-state index in [1.54, 1.807) is 4.90 Å². The van der Waals surface area contributed by atoms with Crippen LogP contribution in [-0.4, -0.2) is 42.4 Å². The topological polar surface area (TPSA) is 65.1 Å². The Bertz CT molecular complexity index is 610. The number of benzene rings is 1. The molecule has 1 amide bonds. The fourth-order valence-corrected chi connectivity index (χ4v) is 2.94. The number of rotatable bonds is 6. The Labute approximate surface area is 155 Å². The number of carbonyl (C=O) groups is 2. The maximum Gasteiger partial charge on any atom is 0.410 e. The molecule has 1 fully saturated rings. The first-order chi connectivity index (χ1) is 12.3. The lowest BCUT2D eigenvalue weighted by atomic mass is 9.84. The molecular weight excluding hydrogens is 334 g/mol. The lowest BCUT2D eigenvalue weighted by molar-refractivity contribution is -0.169. The molecule has 6 heteroatoms. The second-order valence-corrected chi connectivity index (χ2v) is 7.67. The zero-order chi connectivity index (χ0) is 19.2. The van der Waals surface area contributed by atoms with Crippen molar-refractivity contribution in [3.05, 3.63) is 35.9 Å².